The number of anilines is 1. The Bertz CT molecular complexity index is 1110. The van der Waals surface area contributed by atoms with Crippen molar-refractivity contribution in [1.82, 2.24) is 19.7 Å². The van der Waals surface area contributed by atoms with Crippen LogP contribution >= 0.6 is 0 Å². The summed E-state index contributed by atoms with van der Waals surface area (Å²) in [6.45, 7) is 0. The van der Waals surface area contributed by atoms with Crippen LogP contribution in [0.15, 0.2) is 47.3 Å². The fourth-order valence-corrected chi connectivity index (χ4v) is 4.20. The zero-order valence-electron chi connectivity index (χ0n) is 16.8. The normalized spacial score (nSPS) is 16.7. The molecule has 2 N–H and O–H groups in total. The predicted octanol–water partition coefficient (Wildman–Crippen LogP) is 4.02. The molecule has 2 heterocycles. The van der Waals surface area contributed by atoms with Crippen molar-refractivity contribution in [3.63, 3.8) is 0 Å². The fraction of sp³-hybridized carbons (Fsp3) is 0.391. The molecule has 0 atom stereocenters. The number of rotatable bonds is 6. The van der Waals surface area contributed by atoms with Crippen LogP contribution in [0.2, 0.25) is 0 Å². The van der Waals surface area contributed by atoms with Gasteiger partial charge in [-0.1, -0.05) is 43.2 Å². The van der Waals surface area contributed by atoms with Crippen LogP contribution in [0.3, 0.4) is 0 Å². The minimum absolute atomic E-state index is 0.00745. The van der Waals surface area contributed by atoms with Gasteiger partial charge in [-0.3, -0.25) is 14.6 Å². The monoisotopic (exact) mass is 403 g/mol. The first-order chi connectivity index (χ1) is 14.7. The number of nitrogens with one attached hydrogen (secondary N) is 2. The van der Waals surface area contributed by atoms with Gasteiger partial charge < -0.3 is 5.32 Å². The second-order valence-corrected chi connectivity index (χ2v) is 8.36. The number of aromatic nitrogens is 4. The summed E-state index contributed by atoms with van der Waals surface area (Å²) < 4.78 is 1.56. The number of carbonyl (C=O) groups is 1. The quantitative estimate of drug-likeness (QED) is 0.650. The zero-order chi connectivity index (χ0) is 20.5. The highest BCUT2D eigenvalue weighted by atomic mass is 16.1. The van der Waals surface area contributed by atoms with Gasteiger partial charge in [0.15, 0.2) is 0 Å². The summed E-state index contributed by atoms with van der Waals surface area (Å²) in [6.07, 6.45) is 7.37. The summed E-state index contributed by atoms with van der Waals surface area (Å²) >= 11 is 0. The Hall–Kier alpha value is -3.22. The van der Waals surface area contributed by atoms with Crippen molar-refractivity contribution in [2.45, 2.75) is 50.9 Å². The highest BCUT2D eigenvalue weighted by Crippen LogP contribution is 2.40. The third kappa shape index (κ3) is 4.06. The lowest BCUT2D eigenvalue weighted by molar-refractivity contribution is -0.117. The largest absolute Gasteiger partial charge is 0.310 e. The Morgan fingerprint density at radius 1 is 1.10 bits per heavy atom. The molecule has 2 aromatic heterocycles. The molecule has 0 aliphatic heterocycles. The summed E-state index contributed by atoms with van der Waals surface area (Å²) in [5, 5.41) is 7.69. The highest BCUT2D eigenvalue weighted by molar-refractivity contribution is 5.90. The van der Waals surface area contributed by atoms with Gasteiger partial charge in [-0.15, -0.1) is 0 Å². The summed E-state index contributed by atoms with van der Waals surface area (Å²) in [6, 6.07) is 13.0. The minimum Gasteiger partial charge on any atom is -0.310 e. The van der Waals surface area contributed by atoms with Gasteiger partial charge in [-0.25, -0.2) is 4.98 Å². The Labute approximate surface area is 174 Å². The van der Waals surface area contributed by atoms with Gasteiger partial charge in [0.1, 0.15) is 5.82 Å². The van der Waals surface area contributed by atoms with Crippen molar-refractivity contribution in [3.05, 3.63) is 58.5 Å². The van der Waals surface area contributed by atoms with Gasteiger partial charge in [-0.2, -0.15) is 9.78 Å². The third-order valence-electron chi connectivity index (χ3n) is 5.94. The number of benzene rings is 1. The maximum atomic E-state index is 12.7. The molecule has 3 aromatic rings. The molecule has 0 bridgehead atoms. The molecule has 30 heavy (non-hydrogen) atoms. The highest BCUT2D eigenvalue weighted by Gasteiger charge is 2.29. The average Bonchev–Trinajstić information content (AvgIpc) is 3.32. The number of nitrogens with zero attached hydrogens (tertiary/aromatic N) is 3. The van der Waals surface area contributed by atoms with Crippen LogP contribution in [-0.4, -0.2) is 25.7 Å². The van der Waals surface area contributed by atoms with Gasteiger partial charge in [0.25, 0.3) is 5.56 Å². The van der Waals surface area contributed by atoms with E-state index in [1.807, 2.05) is 36.4 Å². The molecular formula is C23H25N5O2. The van der Waals surface area contributed by atoms with Gasteiger partial charge in [-0.05, 0) is 31.6 Å². The molecule has 0 radical (unpaired) electrons. The Morgan fingerprint density at radius 2 is 1.87 bits per heavy atom. The summed E-state index contributed by atoms with van der Waals surface area (Å²) in [7, 11) is 0. The number of hydrogen-bond donors (Lipinski definition) is 2. The van der Waals surface area contributed by atoms with Crippen LogP contribution in [0.25, 0.3) is 17.2 Å². The van der Waals surface area contributed by atoms with E-state index >= 15 is 0 Å². The fourth-order valence-electron chi connectivity index (χ4n) is 4.20. The molecule has 0 saturated heterocycles. The van der Waals surface area contributed by atoms with Gasteiger partial charge in [0.2, 0.25) is 11.9 Å². The number of amides is 1. The summed E-state index contributed by atoms with van der Waals surface area (Å²) in [5.41, 5.74) is 2.09. The van der Waals surface area contributed by atoms with Crippen molar-refractivity contribution in [2.24, 2.45) is 5.92 Å². The molecular weight excluding hydrogens is 378 g/mol. The van der Waals surface area contributed by atoms with E-state index in [0.29, 0.717) is 35.7 Å². The van der Waals surface area contributed by atoms with E-state index < -0.39 is 0 Å². The molecule has 2 fully saturated rings. The van der Waals surface area contributed by atoms with E-state index in [1.54, 1.807) is 4.68 Å². The third-order valence-corrected chi connectivity index (χ3v) is 5.94. The van der Waals surface area contributed by atoms with Crippen LogP contribution in [0.1, 0.15) is 56.6 Å². The number of H-pyrrole nitrogens is 1. The lowest BCUT2D eigenvalue weighted by Crippen LogP contribution is -2.20. The van der Waals surface area contributed by atoms with Crippen molar-refractivity contribution in [2.75, 3.05) is 5.32 Å². The molecule has 7 heteroatoms. The maximum absolute atomic E-state index is 12.7. The van der Waals surface area contributed by atoms with Crippen LogP contribution in [-0.2, 0) is 4.79 Å². The molecule has 1 aromatic carbocycles. The standard InChI is InChI=1S/C23H25N5O2/c29-21(12-15-6-4-5-7-15)25-20-13-19(17-10-11-17)27-28(20)23-24-18(14-22(30)26-23)16-8-2-1-3-9-16/h1-3,8-9,13-15,17H,4-7,10-12H2,(H,25,29)(H,24,26,30). The Balaban J connectivity index is 1.48. The molecule has 154 valence electrons. The van der Waals surface area contributed by atoms with E-state index in [-0.39, 0.29) is 11.5 Å². The van der Waals surface area contributed by atoms with E-state index in [9.17, 15) is 9.59 Å². The number of carbonyl (C=O) groups excluding carboxylic acids is 1. The number of hydrogen-bond acceptors (Lipinski definition) is 4. The molecule has 1 amide bonds. The van der Waals surface area contributed by atoms with E-state index in [2.05, 4.69) is 20.4 Å². The average molecular weight is 403 g/mol. The zero-order valence-corrected chi connectivity index (χ0v) is 16.8. The molecule has 2 aliphatic carbocycles. The van der Waals surface area contributed by atoms with Crippen LogP contribution in [0, 0.1) is 5.92 Å². The van der Waals surface area contributed by atoms with Gasteiger partial charge >= 0.3 is 0 Å². The van der Waals surface area contributed by atoms with Crippen molar-refractivity contribution >= 4 is 11.7 Å². The summed E-state index contributed by atoms with van der Waals surface area (Å²) in [5.74, 6) is 1.74. The van der Waals surface area contributed by atoms with Crippen molar-refractivity contribution in [3.8, 4) is 17.2 Å². The number of aromatic amines is 1. The molecule has 7 nitrogen and oxygen atoms in total. The van der Waals surface area contributed by atoms with Gasteiger partial charge in [0.05, 0.1) is 11.4 Å². The Kier molecular flexibility index (Phi) is 4.94. The minimum atomic E-state index is -0.259. The smallest absolute Gasteiger partial charge is 0.252 e. The SMILES string of the molecule is O=C(CC1CCCC1)Nc1cc(C2CC2)nn1-c1nc(-c2ccccc2)cc(=O)[nH]1. The first-order valence-corrected chi connectivity index (χ1v) is 10.7. The molecule has 2 saturated carbocycles. The maximum Gasteiger partial charge on any atom is 0.252 e. The lowest BCUT2D eigenvalue weighted by atomic mass is 10.0. The molecule has 5 rings (SSSR count). The topological polar surface area (TPSA) is 92.7 Å². The van der Waals surface area contributed by atoms with Crippen LogP contribution < -0.4 is 10.9 Å². The molecule has 0 spiro atoms. The van der Waals surface area contributed by atoms with E-state index in [4.69, 9.17) is 0 Å². The van der Waals surface area contributed by atoms with Crippen molar-refractivity contribution < 1.29 is 4.79 Å². The Morgan fingerprint density at radius 3 is 2.60 bits per heavy atom. The van der Waals surface area contributed by atoms with Crippen molar-refractivity contribution in [1.29, 1.82) is 0 Å². The molecule has 2 aliphatic rings. The first kappa shape index (κ1) is 18.8. The second kappa shape index (κ2) is 7.89. The van der Waals surface area contributed by atoms with E-state index in [1.165, 1.54) is 18.9 Å². The van der Waals surface area contributed by atoms with Crippen LogP contribution in [0.5, 0.6) is 0 Å². The summed E-state index contributed by atoms with van der Waals surface area (Å²) in [4.78, 5) is 32.4. The molecule has 0 unspecified atom stereocenters. The van der Waals surface area contributed by atoms with Gasteiger partial charge in [0, 0.05) is 30.0 Å². The van der Waals surface area contributed by atoms with Crippen LogP contribution in [0.4, 0.5) is 5.82 Å². The lowest BCUT2D eigenvalue weighted by Gasteiger charge is -2.11. The second-order valence-electron chi connectivity index (χ2n) is 8.36. The predicted molar refractivity (Wildman–Crippen MR) is 115 cm³/mol. The van der Waals surface area contributed by atoms with E-state index in [0.717, 1.165) is 36.9 Å². The first-order valence-electron chi connectivity index (χ1n) is 10.7.